The minimum atomic E-state index is -1.46. The number of rotatable bonds is 5. The number of nitrogens with two attached hydrogens (primary N) is 1. The van der Waals surface area contributed by atoms with Crippen LogP contribution in [0.4, 0.5) is 0 Å². The smallest absolute Gasteiger partial charge is 0.308 e. The van der Waals surface area contributed by atoms with Gasteiger partial charge in [0.25, 0.3) is 0 Å². The van der Waals surface area contributed by atoms with E-state index in [1.807, 2.05) is 18.2 Å². The summed E-state index contributed by atoms with van der Waals surface area (Å²) in [5.41, 5.74) is 5.95. The third-order valence-corrected chi connectivity index (χ3v) is 1.93. The molecule has 0 saturated carbocycles. The first kappa shape index (κ1) is 12.2. The third kappa shape index (κ3) is 4.10. The molecular formula is C11H12NO4-. The number of hydrogen-bond donors (Lipinski definition) is 1. The molecule has 1 aromatic rings. The molecule has 1 atom stereocenters. The van der Waals surface area contributed by atoms with Crippen molar-refractivity contribution in [2.75, 3.05) is 0 Å². The lowest BCUT2D eigenvalue weighted by atomic mass is 10.2. The predicted molar refractivity (Wildman–Crippen MR) is 53.8 cm³/mol. The maximum atomic E-state index is 11.1. The molecule has 0 aliphatic heterocycles. The summed E-state index contributed by atoms with van der Waals surface area (Å²) in [6.07, 6.45) is -0.380. The average Bonchev–Trinajstić information content (AvgIpc) is 2.27. The van der Waals surface area contributed by atoms with Crippen LogP contribution in [-0.2, 0) is 20.9 Å². The van der Waals surface area contributed by atoms with Crippen molar-refractivity contribution in [1.82, 2.24) is 0 Å². The number of aliphatic carboxylic acids is 1. The van der Waals surface area contributed by atoms with Crippen molar-refractivity contribution in [3.63, 3.8) is 0 Å². The number of benzene rings is 1. The Bertz CT molecular complexity index is 364. The highest BCUT2D eigenvalue weighted by Gasteiger charge is 2.11. The highest BCUT2D eigenvalue weighted by atomic mass is 16.5. The summed E-state index contributed by atoms with van der Waals surface area (Å²) >= 11 is 0. The second kappa shape index (κ2) is 5.87. The summed E-state index contributed by atoms with van der Waals surface area (Å²) in [7, 11) is 0. The van der Waals surface area contributed by atoms with Crippen LogP contribution in [0.15, 0.2) is 30.3 Å². The zero-order chi connectivity index (χ0) is 12.0. The van der Waals surface area contributed by atoms with Crippen molar-refractivity contribution in [2.45, 2.75) is 19.1 Å². The summed E-state index contributed by atoms with van der Waals surface area (Å²) in [5, 5.41) is 10.3. The van der Waals surface area contributed by atoms with Gasteiger partial charge in [-0.1, -0.05) is 30.3 Å². The van der Waals surface area contributed by atoms with Gasteiger partial charge < -0.3 is 20.4 Å². The molecule has 0 bridgehead atoms. The quantitative estimate of drug-likeness (QED) is 0.658. The third-order valence-electron chi connectivity index (χ3n) is 1.93. The number of ether oxygens (including phenoxy) is 1. The van der Waals surface area contributed by atoms with Gasteiger partial charge in [0.15, 0.2) is 0 Å². The summed E-state index contributed by atoms with van der Waals surface area (Å²) in [6, 6.07) is 7.75. The fourth-order valence-corrected chi connectivity index (χ4v) is 1.06. The second-order valence-corrected chi connectivity index (χ2v) is 3.28. The number of carbonyl (C=O) groups excluding carboxylic acids is 2. The van der Waals surface area contributed by atoms with E-state index in [1.165, 1.54) is 0 Å². The van der Waals surface area contributed by atoms with Crippen molar-refractivity contribution >= 4 is 11.9 Å². The van der Waals surface area contributed by atoms with Gasteiger partial charge in [-0.25, -0.2) is 0 Å². The van der Waals surface area contributed by atoms with Crippen molar-refractivity contribution in [3.8, 4) is 0 Å². The fourth-order valence-electron chi connectivity index (χ4n) is 1.06. The fraction of sp³-hybridized carbons (Fsp3) is 0.273. The molecule has 0 amide bonds. The Labute approximate surface area is 92.8 Å². The first-order valence-corrected chi connectivity index (χ1v) is 4.75. The van der Waals surface area contributed by atoms with Crippen molar-refractivity contribution < 1.29 is 19.4 Å². The number of esters is 1. The van der Waals surface area contributed by atoms with Gasteiger partial charge in [0.1, 0.15) is 6.61 Å². The van der Waals surface area contributed by atoms with Crippen LogP contribution in [-0.4, -0.2) is 18.0 Å². The lowest BCUT2D eigenvalue weighted by Crippen LogP contribution is -2.43. The van der Waals surface area contributed by atoms with Gasteiger partial charge in [-0.05, 0) is 5.56 Å². The van der Waals surface area contributed by atoms with Crippen LogP contribution >= 0.6 is 0 Å². The number of carboxylic acid groups (broad SMARTS) is 1. The Hall–Kier alpha value is -1.88. The maximum absolute atomic E-state index is 11.1. The minimum absolute atomic E-state index is 0.111. The highest BCUT2D eigenvalue weighted by Crippen LogP contribution is 2.02. The number of carboxylic acids is 1. The van der Waals surface area contributed by atoms with E-state index >= 15 is 0 Å². The number of carbonyl (C=O) groups is 2. The molecule has 2 N–H and O–H groups in total. The van der Waals surface area contributed by atoms with E-state index in [4.69, 9.17) is 10.5 Å². The molecule has 0 heterocycles. The number of hydrogen-bond acceptors (Lipinski definition) is 5. The Morgan fingerprint density at radius 2 is 1.94 bits per heavy atom. The first-order valence-electron chi connectivity index (χ1n) is 4.75. The Kier molecular flexibility index (Phi) is 4.47. The normalized spacial score (nSPS) is 11.8. The van der Waals surface area contributed by atoms with Crippen LogP contribution in [0, 0.1) is 0 Å². The summed E-state index contributed by atoms with van der Waals surface area (Å²) in [4.78, 5) is 21.4. The van der Waals surface area contributed by atoms with Gasteiger partial charge in [0.2, 0.25) is 0 Å². The minimum Gasteiger partial charge on any atom is -0.548 e. The molecule has 0 unspecified atom stereocenters. The molecule has 0 fully saturated rings. The molecular weight excluding hydrogens is 210 g/mol. The zero-order valence-corrected chi connectivity index (χ0v) is 8.59. The van der Waals surface area contributed by atoms with Crippen LogP contribution < -0.4 is 10.8 Å². The molecule has 0 radical (unpaired) electrons. The summed E-state index contributed by atoms with van der Waals surface area (Å²) in [6.45, 7) is 0.111. The maximum Gasteiger partial charge on any atom is 0.308 e. The average molecular weight is 222 g/mol. The van der Waals surface area contributed by atoms with E-state index < -0.39 is 18.0 Å². The molecule has 0 aliphatic rings. The second-order valence-electron chi connectivity index (χ2n) is 3.28. The lowest BCUT2D eigenvalue weighted by molar-refractivity contribution is -0.307. The Morgan fingerprint density at radius 3 is 2.50 bits per heavy atom. The van der Waals surface area contributed by atoms with Crippen molar-refractivity contribution in [2.24, 2.45) is 5.73 Å². The highest BCUT2D eigenvalue weighted by molar-refractivity contribution is 5.79. The van der Waals surface area contributed by atoms with Gasteiger partial charge >= 0.3 is 5.97 Å². The van der Waals surface area contributed by atoms with Crippen LogP contribution in [0.1, 0.15) is 12.0 Å². The van der Waals surface area contributed by atoms with Crippen molar-refractivity contribution in [3.05, 3.63) is 35.9 Å². The van der Waals surface area contributed by atoms with Gasteiger partial charge in [0.05, 0.1) is 18.4 Å². The topological polar surface area (TPSA) is 92.5 Å². The van der Waals surface area contributed by atoms with Gasteiger partial charge in [0, 0.05) is 0 Å². The zero-order valence-electron chi connectivity index (χ0n) is 8.59. The van der Waals surface area contributed by atoms with Crippen molar-refractivity contribution in [1.29, 1.82) is 0 Å². The van der Waals surface area contributed by atoms with Gasteiger partial charge in [-0.15, -0.1) is 0 Å². The lowest BCUT2D eigenvalue weighted by Gasteiger charge is -2.11. The molecule has 0 aromatic heterocycles. The van der Waals surface area contributed by atoms with E-state index in [9.17, 15) is 14.7 Å². The molecule has 1 rings (SSSR count). The van der Waals surface area contributed by atoms with Crippen LogP contribution in [0.25, 0.3) is 0 Å². The standard InChI is InChI=1S/C11H13NO4/c12-9(11(14)15)6-10(13)16-7-8-4-2-1-3-5-8/h1-5,9H,6-7,12H2,(H,14,15)/p-1/t9-/m1/s1. The molecule has 0 aliphatic carbocycles. The van der Waals surface area contributed by atoms with E-state index in [0.717, 1.165) is 5.56 Å². The Morgan fingerprint density at radius 1 is 1.31 bits per heavy atom. The van der Waals surface area contributed by atoms with E-state index in [0.29, 0.717) is 0 Å². The van der Waals surface area contributed by atoms with Crippen LogP contribution in [0.2, 0.25) is 0 Å². The van der Waals surface area contributed by atoms with E-state index in [1.54, 1.807) is 12.1 Å². The van der Waals surface area contributed by atoms with Gasteiger partial charge in [-0.3, -0.25) is 4.79 Å². The van der Waals surface area contributed by atoms with Gasteiger partial charge in [-0.2, -0.15) is 0 Å². The first-order chi connectivity index (χ1) is 7.59. The molecule has 16 heavy (non-hydrogen) atoms. The monoisotopic (exact) mass is 222 g/mol. The SMILES string of the molecule is N[C@H](CC(=O)OCc1ccccc1)C(=O)[O-]. The molecule has 0 spiro atoms. The molecule has 5 heteroatoms. The molecule has 0 saturated heterocycles. The van der Waals surface area contributed by atoms with E-state index in [-0.39, 0.29) is 13.0 Å². The summed E-state index contributed by atoms with van der Waals surface area (Å²) in [5.74, 6) is -2.11. The molecule has 86 valence electrons. The summed E-state index contributed by atoms with van der Waals surface area (Å²) < 4.78 is 4.84. The van der Waals surface area contributed by atoms with Crippen LogP contribution in [0.3, 0.4) is 0 Å². The predicted octanol–water partition coefficient (Wildman–Crippen LogP) is -0.803. The molecule has 5 nitrogen and oxygen atoms in total. The largest absolute Gasteiger partial charge is 0.548 e. The van der Waals surface area contributed by atoms with Crippen LogP contribution in [0.5, 0.6) is 0 Å². The molecule has 1 aromatic carbocycles. The van der Waals surface area contributed by atoms with E-state index in [2.05, 4.69) is 0 Å². The Balaban J connectivity index is 2.33.